The Hall–Kier alpha value is -3.80. The van der Waals surface area contributed by atoms with Crippen molar-refractivity contribution in [2.75, 3.05) is 21.3 Å². The number of hydrogen-bond acceptors (Lipinski definition) is 5. The lowest BCUT2D eigenvalue weighted by atomic mass is 10.0. The number of amides is 1. The van der Waals surface area contributed by atoms with Crippen LogP contribution in [0.4, 0.5) is 0 Å². The molecule has 6 nitrogen and oxygen atoms in total. The fraction of sp³-hybridized carbons (Fsp3) is 0.200. The molecule has 0 atom stereocenters. The van der Waals surface area contributed by atoms with Gasteiger partial charge in [0.05, 0.1) is 19.6 Å². The highest BCUT2D eigenvalue weighted by Gasteiger charge is 2.18. The van der Waals surface area contributed by atoms with E-state index in [2.05, 4.69) is 5.16 Å². The van der Waals surface area contributed by atoms with Crippen LogP contribution in [-0.2, 0) is 6.54 Å². The third kappa shape index (κ3) is 3.97. The smallest absolute Gasteiger partial charge is 0.253 e. The second-order valence-electron chi connectivity index (χ2n) is 7.40. The molecule has 0 radical (unpaired) electrons. The largest absolute Gasteiger partial charge is 0.493 e. The fourth-order valence-corrected chi connectivity index (χ4v) is 3.61. The van der Waals surface area contributed by atoms with Gasteiger partial charge in [-0.2, -0.15) is 0 Å². The van der Waals surface area contributed by atoms with Gasteiger partial charge in [0.2, 0.25) is 0 Å². The van der Waals surface area contributed by atoms with E-state index in [1.165, 1.54) is 0 Å². The van der Waals surface area contributed by atoms with Gasteiger partial charge < -0.3 is 18.9 Å². The van der Waals surface area contributed by atoms with E-state index in [4.69, 9.17) is 14.0 Å². The zero-order chi connectivity index (χ0) is 22.0. The van der Waals surface area contributed by atoms with E-state index in [1.54, 1.807) is 32.2 Å². The number of rotatable bonds is 6. The summed E-state index contributed by atoms with van der Waals surface area (Å²) < 4.78 is 16.3. The van der Waals surface area contributed by atoms with Crippen LogP contribution in [0.15, 0.2) is 65.2 Å². The molecule has 3 aromatic carbocycles. The summed E-state index contributed by atoms with van der Waals surface area (Å²) in [6.07, 6.45) is 0. The summed E-state index contributed by atoms with van der Waals surface area (Å²) in [7, 11) is 5.00. The van der Waals surface area contributed by atoms with E-state index in [0.717, 1.165) is 22.1 Å². The zero-order valence-corrected chi connectivity index (χ0v) is 18.0. The molecule has 6 heteroatoms. The highest BCUT2D eigenvalue weighted by atomic mass is 16.5. The first kappa shape index (κ1) is 20.5. The zero-order valence-electron chi connectivity index (χ0n) is 18.0. The first-order chi connectivity index (χ1) is 15.0. The number of carbonyl (C=O) groups excluding carboxylic acids is 1. The monoisotopic (exact) mass is 416 g/mol. The molecule has 0 aliphatic rings. The minimum absolute atomic E-state index is 0.0868. The number of aryl methyl sites for hydroxylation is 1. The quantitative estimate of drug-likeness (QED) is 0.438. The van der Waals surface area contributed by atoms with Crippen LogP contribution in [-0.4, -0.2) is 37.2 Å². The van der Waals surface area contributed by atoms with Crippen LogP contribution >= 0.6 is 0 Å². The Kier molecular flexibility index (Phi) is 5.62. The van der Waals surface area contributed by atoms with Crippen LogP contribution in [0.25, 0.3) is 22.2 Å². The van der Waals surface area contributed by atoms with Gasteiger partial charge in [0.15, 0.2) is 17.3 Å². The standard InChI is InChI=1S/C25H24N2O4/c1-16-12-22(29-3)23(30-4)14-19(16)15-27(2)25(28)18-10-11-21-20(13-18)24(31-26-21)17-8-6-5-7-9-17/h5-14H,15H2,1-4H3. The molecule has 0 unspecified atom stereocenters. The molecule has 0 aliphatic carbocycles. The lowest BCUT2D eigenvalue weighted by Crippen LogP contribution is -2.26. The molecule has 1 amide bonds. The molecule has 0 fully saturated rings. The van der Waals surface area contributed by atoms with Gasteiger partial charge in [-0.3, -0.25) is 4.79 Å². The highest BCUT2D eigenvalue weighted by molar-refractivity contribution is 6.00. The second kappa shape index (κ2) is 8.52. The molecule has 0 saturated carbocycles. The molecule has 0 bridgehead atoms. The van der Waals surface area contributed by atoms with E-state index in [0.29, 0.717) is 34.9 Å². The highest BCUT2D eigenvalue weighted by Crippen LogP contribution is 2.32. The summed E-state index contributed by atoms with van der Waals surface area (Å²) in [4.78, 5) is 14.9. The minimum atomic E-state index is -0.0868. The van der Waals surface area contributed by atoms with Crippen molar-refractivity contribution in [2.45, 2.75) is 13.5 Å². The summed E-state index contributed by atoms with van der Waals surface area (Å²) in [5, 5.41) is 4.94. The average Bonchev–Trinajstić information content (AvgIpc) is 3.23. The van der Waals surface area contributed by atoms with Crippen LogP contribution in [0.3, 0.4) is 0 Å². The lowest BCUT2D eigenvalue weighted by molar-refractivity contribution is 0.0785. The van der Waals surface area contributed by atoms with Gasteiger partial charge >= 0.3 is 0 Å². The van der Waals surface area contributed by atoms with E-state index in [1.807, 2.05) is 61.5 Å². The summed E-state index contributed by atoms with van der Waals surface area (Å²) in [5.41, 5.74) is 4.23. The van der Waals surface area contributed by atoms with Crippen molar-refractivity contribution < 1.29 is 18.8 Å². The van der Waals surface area contributed by atoms with Gasteiger partial charge in [0.1, 0.15) is 5.52 Å². The summed E-state index contributed by atoms with van der Waals surface area (Å²) in [6.45, 7) is 2.43. The third-order valence-electron chi connectivity index (χ3n) is 5.36. The van der Waals surface area contributed by atoms with Crippen molar-refractivity contribution in [3.05, 3.63) is 77.4 Å². The van der Waals surface area contributed by atoms with Crippen molar-refractivity contribution in [1.82, 2.24) is 10.1 Å². The fourth-order valence-electron chi connectivity index (χ4n) is 3.61. The molecular formula is C25H24N2O4. The maximum Gasteiger partial charge on any atom is 0.253 e. The third-order valence-corrected chi connectivity index (χ3v) is 5.36. The van der Waals surface area contributed by atoms with Gasteiger partial charge in [0, 0.05) is 24.7 Å². The predicted molar refractivity (Wildman–Crippen MR) is 120 cm³/mol. The minimum Gasteiger partial charge on any atom is -0.493 e. The Morgan fingerprint density at radius 3 is 2.42 bits per heavy atom. The van der Waals surface area contributed by atoms with Crippen LogP contribution in [0.5, 0.6) is 11.5 Å². The number of aromatic nitrogens is 1. The Bertz CT molecular complexity index is 1230. The van der Waals surface area contributed by atoms with Crippen molar-refractivity contribution in [1.29, 1.82) is 0 Å². The molecule has 1 heterocycles. The number of benzene rings is 3. The van der Waals surface area contributed by atoms with E-state index < -0.39 is 0 Å². The van der Waals surface area contributed by atoms with Gasteiger partial charge in [-0.05, 0) is 48.4 Å². The van der Waals surface area contributed by atoms with E-state index in [-0.39, 0.29) is 5.91 Å². The molecular weight excluding hydrogens is 392 g/mol. The molecule has 4 rings (SSSR count). The van der Waals surface area contributed by atoms with Crippen molar-refractivity contribution >= 4 is 16.8 Å². The maximum atomic E-state index is 13.2. The number of carbonyl (C=O) groups is 1. The van der Waals surface area contributed by atoms with Crippen molar-refractivity contribution in [3.63, 3.8) is 0 Å². The SMILES string of the molecule is COc1cc(C)c(CN(C)C(=O)c2ccc3noc(-c4ccccc4)c3c2)cc1OC. The molecule has 4 aromatic rings. The summed E-state index contributed by atoms with van der Waals surface area (Å²) in [5.74, 6) is 1.88. The van der Waals surface area contributed by atoms with E-state index >= 15 is 0 Å². The Morgan fingerprint density at radius 1 is 1.00 bits per heavy atom. The molecule has 0 spiro atoms. The van der Waals surface area contributed by atoms with Crippen LogP contribution in [0.2, 0.25) is 0 Å². The Balaban J connectivity index is 1.62. The van der Waals surface area contributed by atoms with Crippen LogP contribution < -0.4 is 9.47 Å². The first-order valence-electron chi connectivity index (χ1n) is 9.93. The first-order valence-corrected chi connectivity index (χ1v) is 9.93. The number of methoxy groups -OCH3 is 2. The average molecular weight is 416 g/mol. The van der Waals surface area contributed by atoms with E-state index in [9.17, 15) is 4.79 Å². The second-order valence-corrected chi connectivity index (χ2v) is 7.40. The molecule has 31 heavy (non-hydrogen) atoms. The number of ether oxygens (including phenoxy) is 2. The topological polar surface area (TPSA) is 64.8 Å². The lowest BCUT2D eigenvalue weighted by Gasteiger charge is -2.20. The molecule has 158 valence electrons. The summed E-state index contributed by atoms with van der Waals surface area (Å²) in [6, 6.07) is 19.0. The van der Waals surface area contributed by atoms with Crippen LogP contribution in [0, 0.1) is 6.92 Å². The van der Waals surface area contributed by atoms with Gasteiger partial charge in [-0.15, -0.1) is 0 Å². The number of fused-ring (bicyclic) bond motifs is 1. The molecule has 1 aromatic heterocycles. The maximum absolute atomic E-state index is 13.2. The molecule has 0 N–H and O–H groups in total. The Labute approximate surface area is 181 Å². The number of hydrogen-bond donors (Lipinski definition) is 0. The van der Waals surface area contributed by atoms with Crippen molar-refractivity contribution in [3.8, 4) is 22.8 Å². The Morgan fingerprint density at radius 2 is 1.71 bits per heavy atom. The number of nitrogens with zero attached hydrogens (tertiary/aromatic N) is 2. The van der Waals surface area contributed by atoms with Gasteiger partial charge in [0.25, 0.3) is 5.91 Å². The van der Waals surface area contributed by atoms with Gasteiger partial charge in [-0.25, -0.2) is 0 Å². The van der Waals surface area contributed by atoms with Crippen LogP contribution in [0.1, 0.15) is 21.5 Å². The normalized spacial score (nSPS) is 10.8. The van der Waals surface area contributed by atoms with Gasteiger partial charge in [-0.1, -0.05) is 35.5 Å². The summed E-state index contributed by atoms with van der Waals surface area (Å²) >= 11 is 0. The molecule has 0 aliphatic heterocycles. The molecule has 0 saturated heterocycles. The predicted octanol–water partition coefficient (Wildman–Crippen LogP) is 5.09. The van der Waals surface area contributed by atoms with Crippen molar-refractivity contribution in [2.24, 2.45) is 0 Å².